The molecule has 8 heteroatoms. The van der Waals surface area contributed by atoms with Crippen molar-refractivity contribution in [2.75, 3.05) is 18.6 Å². The lowest BCUT2D eigenvalue weighted by molar-refractivity contribution is 0.0992. The second kappa shape index (κ2) is 8.87. The molecule has 0 atom stereocenters. The number of terminal acetylenes is 1. The quantitative estimate of drug-likeness (QED) is 0.720. The van der Waals surface area contributed by atoms with E-state index in [1.54, 1.807) is 38.1 Å². The maximum atomic E-state index is 14.1. The van der Waals surface area contributed by atoms with Gasteiger partial charge in [-0.05, 0) is 56.3 Å². The number of amides is 1. The maximum absolute atomic E-state index is 14.1. The van der Waals surface area contributed by atoms with E-state index >= 15 is 0 Å². The third kappa shape index (κ3) is 5.09. The van der Waals surface area contributed by atoms with Crippen LogP contribution in [0.15, 0.2) is 47.4 Å². The number of hydrogen-bond donors (Lipinski definition) is 1. The van der Waals surface area contributed by atoms with Gasteiger partial charge in [-0.15, -0.1) is 6.42 Å². The predicted octanol–water partition coefficient (Wildman–Crippen LogP) is 2.80. The number of carbonyl (C=O) groups is 1. The van der Waals surface area contributed by atoms with Crippen molar-refractivity contribution in [1.82, 2.24) is 4.72 Å². The van der Waals surface area contributed by atoms with Gasteiger partial charge in [0.1, 0.15) is 23.1 Å². The lowest BCUT2D eigenvalue weighted by Gasteiger charge is -2.18. The van der Waals surface area contributed by atoms with Crippen molar-refractivity contribution in [2.24, 2.45) is 0 Å². The summed E-state index contributed by atoms with van der Waals surface area (Å²) in [7, 11) is -2.55. The van der Waals surface area contributed by atoms with Gasteiger partial charge in [0.25, 0.3) is 5.91 Å². The summed E-state index contributed by atoms with van der Waals surface area (Å²) in [5.41, 5.74) is 0.591. The van der Waals surface area contributed by atoms with Gasteiger partial charge in [-0.2, -0.15) is 0 Å². The summed E-state index contributed by atoms with van der Waals surface area (Å²) < 4.78 is 46.3. The first-order chi connectivity index (χ1) is 13.2. The van der Waals surface area contributed by atoms with Crippen molar-refractivity contribution in [3.8, 4) is 18.1 Å². The molecule has 0 bridgehead atoms. The van der Waals surface area contributed by atoms with Crippen LogP contribution in [0.25, 0.3) is 0 Å². The molecule has 0 radical (unpaired) electrons. The summed E-state index contributed by atoms with van der Waals surface area (Å²) in [6.45, 7) is 3.37. The number of nitrogens with one attached hydrogen (secondary N) is 1. The number of sulfonamides is 1. The summed E-state index contributed by atoms with van der Waals surface area (Å²) in [5, 5.41) is 0. The fourth-order valence-corrected chi connectivity index (χ4v) is 3.77. The molecule has 1 amide bonds. The Bertz CT molecular complexity index is 996. The Hall–Kier alpha value is -2.89. The summed E-state index contributed by atoms with van der Waals surface area (Å²) in [6, 6.07) is 9.45. The zero-order chi connectivity index (χ0) is 20.9. The lowest BCUT2D eigenvalue weighted by Crippen LogP contribution is -2.31. The highest BCUT2D eigenvalue weighted by Crippen LogP contribution is 2.22. The third-order valence-corrected chi connectivity index (χ3v) is 5.38. The van der Waals surface area contributed by atoms with Crippen LogP contribution in [-0.2, 0) is 10.0 Å². The molecular weight excluding hydrogens is 383 g/mol. The maximum Gasteiger partial charge on any atom is 0.258 e. The van der Waals surface area contributed by atoms with E-state index in [1.807, 2.05) is 0 Å². The molecule has 0 aliphatic carbocycles. The van der Waals surface area contributed by atoms with Crippen LogP contribution in [0.2, 0.25) is 0 Å². The van der Waals surface area contributed by atoms with Crippen LogP contribution in [-0.4, -0.2) is 34.0 Å². The molecule has 6 nitrogen and oxygen atoms in total. The molecule has 0 aromatic heterocycles. The monoisotopic (exact) mass is 404 g/mol. The summed E-state index contributed by atoms with van der Waals surface area (Å²) in [5.74, 6) is 1.49. The summed E-state index contributed by atoms with van der Waals surface area (Å²) in [6.07, 6.45) is 5.14. The molecule has 0 saturated carbocycles. The highest BCUT2D eigenvalue weighted by molar-refractivity contribution is 7.89. The Morgan fingerprint density at radius 2 is 1.89 bits per heavy atom. The van der Waals surface area contributed by atoms with Crippen molar-refractivity contribution < 1.29 is 22.3 Å². The highest BCUT2D eigenvalue weighted by Gasteiger charge is 2.23. The number of carbonyl (C=O) groups excluding carboxylic acids is 1. The van der Waals surface area contributed by atoms with Gasteiger partial charge in [0, 0.05) is 24.3 Å². The first-order valence-electron chi connectivity index (χ1n) is 8.42. The predicted molar refractivity (Wildman–Crippen MR) is 105 cm³/mol. The minimum absolute atomic E-state index is 0.0423. The topological polar surface area (TPSA) is 75.7 Å². The molecular formula is C20H21FN2O4S. The molecule has 0 spiro atoms. The minimum Gasteiger partial charge on any atom is -0.481 e. The number of nitrogens with zero attached hydrogens (tertiary/aromatic N) is 1. The van der Waals surface area contributed by atoms with Gasteiger partial charge in [-0.3, -0.25) is 4.79 Å². The van der Waals surface area contributed by atoms with Gasteiger partial charge in [-0.1, -0.05) is 5.92 Å². The molecule has 0 aliphatic rings. The van der Waals surface area contributed by atoms with E-state index in [0.29, 0.717) is 11.4 Å². The van der Waals surface area contributed by atoms with E-state index in [9.17, 15) is 17.6 Å². The Morgan fingerprint density at radius 1 is 1.25 bits per heavy atom. The van der Waals surface area contributed by atoms with E-state index < -0.39 is 32.7 Å². The van der Waals surface area contributed by atoms with Crippen molar-refractivity contribution in [3.63, 3.8) is 0 Å². The number of anilines is 1. The van der Waals surface area contributed by atoms with Gasteiger partial charge < -0.3 is 9.64 Å². The zero-order valence-corrected chi connectivity index (χ0v) is 16.6. The molecule has 0 heterocycles. The standard InChI is InChI=1S/C20H21FN2O4S/c1-5-12-27-17-9-7-16(8-10-17)23(4)20(24)15-6-11-18(21)19(13-15)28(25,26)22-14(2)3/h1,6-11,13-14,22H,12H2,2-4H3. The molecule has 2 aromatic carbocycles. The number of benzene rings is 2. The fourth-order valence-electron chi connectivity index (χ4n) is 2.42. The Morgan fingerprint density at radius 3 is 2.46 bits per heavy atom. The van der Waals surface area contributed by atoms with Gasteiger partial charge in [0.05, 0.1) is 0 Å². The Balaban J connectivity index is 2.29. The molecule has 148 valence electrons. The van der Waals surface area contributed by atoms with Crippen LogP contribution in [0.3, 0.4) is 0 Å². The second-order valence-electron chi connectivity index (χ2n) is 6.27. The number of ether oxygens (including phenoxy) is 1. The Labute approximate surface area is 164 Å². The van der Waals surface area contributed by atoms with Crippen LogP contribution >= 0.6 is 0 Å². The van der Waals surface area contributed by atoms with Gasteiger partial charge in [-0.25, -0.2) is 17.5 Å². The summed E-state index contributed by atoms with van der Waals surface area (Å²) >= 11 is 0. The van der Waals surface area contributed by atoms with Crippen LogP contribution in [0.1, 0.15) is 24.2 Å². The van der Waals surface area contributed by atoms with E-state index in [4.69, 9.17) is 11.2 Å². The average molecular weight is 404 g/mol. The second-order valence-corrected chi connectivity index (χ2v) is 7.95. The van der Waals surface area contributed by atoms with Crippen LogP contribution in [0.4, 0.5) is 10.1 Å². The van der Waals surface area contributed by atoms with Crippen molar-refractivity contribution in [1.29, 1.82) is 0 Å². The minimum atomic E-state index is -4.08. The first kappa shape index (κ1) is 21.4. The number of rotatable bonds is 7. The number of hydrogen-bond acceptors (Lipinski definition) is 4. The molecule has 28 heavy (non-hydrogen) atoms. The van der Waals surface area contributed by atoms with Gasteiger partial charge in [0.2, 0.25) is 10.0 Å². The molecule has 0 unspecified atom stereocenters. The van der Waals surface area contributed by atoms with Crippen LogP contribution in [0.5, 0.6) is 5.75 Å². The highest BCUT2D eigenvalue weighted by atomic mass is 32.2. The zero-order valence-electron chi connectivity index (χ0n) is 15.8. The molecule has 0 fully saturated rings. The van der Waals surface area contributed by atoms with Crippen molar-refractivity contribution >= 4 is 21.6 Å². The largest absolute Gasteiger partial charge is 0.481 e. The van der Waals surface area contributed by atoms with E-state index in [1.165, 1.54) is 18.0 Å². The van der Waals surface area contributed by atoms with Crippen molar-refractivity contribution in [2.45, 2.75) is 24.8 Å². The molecule has 2 rings (SSSR count). The van der Waals surface area contributed by atoms with E-state index in [2.05, 4.69) is 10.6 Å². The lowest BCUT2D eigenvalue weighted by atomic mass is 10.2. The smallest absolute Gasteiger partial charge is 0.258 e. The van der Waals surface area contributed by atoms with Crippen LogP contribution in [0, 0.1) is 18.2 Å². The first-order valence-corrected chi connectivity index (χ1v) is 9.90. The molecule has 2 aromatic rings. The van der Waals surface area contributed by atoms with E-state index in [0.717, 1.165) is 12.1 Å². The molecule has 0 saturated heterocycles. The average Bonchev–Trinajstić information content (AvgIpc) is 2.65. The van der Waals surface area contributed by atoms with Crippen molar-refractivity contribution in [3.05, 3.63) is 53.8 Å². The van der Waals surface area contributed by atoms with Gasteiger partial charge >= 0.3 is 0 Å². The van der Waals surface area contributed by atoms with Gasteiger partial charge in [0.15, 0.2) is 0 Å². The molecule has 0 aliphatic heterocycles. The van der Waals surface area contributed by atoms with Crippen LogP contribution < -0.4 is 14.4 Å². The van der Waals surface area contributed by atoms with E-state index in [-0.39, 0.29) is 12.2 Å². The number of halogens is 1. The Kier molecular flexibility index (Phi) is 6.78. The molecule has 1 N–H and O–H groups in total. The SMILES string of the molecule is C#CCOc1ccc(N(C)C(=O)c2ccc(F)c(S(=O)(=O)NC(C)C)c2)cc1. The normalized spacial score (nSPS) is 11.1. The third-order valence-electron chi connectivity index (χ3n) is 3.71. The summed E-state index contributed by atoms with van der Waals surface area (Å²) in [4.78, 5) is 13.5. The fraction of sp³-hybridized carbons (Fsp3) is 0.250.